The Morgan fingerprint density at radius 3 is 2.42 bits per heavy atom. The number of nitrogens with zero attached hydrogens (tertiary/aromatic N) is 5. The molecule has 0 bridgehead atoms. The maximum Gasteiger partial charge on any atom is 0.330 e. The molecule has 2 heterocycles. The number of thioether (sulfide) groups is 1. The lowest BCUT2D eigenvalue weighted by atomic mass is 10.1. The number of ether oxygens (including phenoxy) is 1. The molecule has 2 aromatic carbocycles. The molecule has 9 heteroatoms. The minimum atomic E-state index is -0.355. The fraction of sp³-hybridized carbons (Fsp3) is 0.250. The molecule has 0 N–H and O–H groups in total. The maximum atomic E-state index is 12.3. The molecule has 170 valence electrons. The minimum absolute atomic E-state index is 0.331. The van der Waals surface area contributed by atoms with E-state index in [4.69, 9.17) is 4.74 Å². The van der Waals surface area contributed by atoms with E-state index in [0.717, 1.165) is 27.1 Å². The van der Waals surface area contributed by atoms with Crippen LogP contribution in [0.2, 0.25) is 0 Å². The van der Waals surface area contributed by atoms with Gasteiger partial charge in [-0.3, -0.25) is 18.5 Å². The Morgan fingerprint density at radius 1 is 0.970 bits per heavy atom. The van der Waals surface area contributed by atoms with Gasteiger partial charge in [0.2, 0.25) is 0 Å². The van der Waals surface area contributed by atoms with Crippen LogP contribution in [0.25, 0.3) is 17.1 Å². The van der Waals surface area contributed by atoms with Crippen LogP contribution in [-0.4, -0.2) is 30.5 Å². The Balaban J connectivity index is 1.76. The molecule has 0 spiro atoms. The number of aromatic nitrogens is 5. The number of hydrogen-bond acceptors (Lipinski definition) is 6. The van der Waals surface area contributed by atoms with E-state index in [-0.39, 0.29) is 11.2 Å². The third-order valence-corrected chi connectivity index (χ3v) is 6.25. The van der Waals surface area contributed by atoms with Gasteiger partial charge in [-0.2, -0.15) is 0 Å². The summed E-state index contributed by atoms with van der Waals surface area (Å²) in [6, 6.07) is 17.3. The van der Waals surface area contributed by atoms with E-state index in [1.54, 1.807) is 7.05 Å². The van der Waals surface area contributed by atoms with Gasteiger partial charge in [0.15, 0.2) is 11.0 Å². The van der Waals surface area contributed by atoms with Gasteiger partial charge < -0.3 is 4.74 Å². The van der Waals surface area contributed by atoms with Crippen LogP contribution in [0.3, 0.4) is 0 Å². The van der Waals surface area contributed by atoms with Gasteiger partial charge >= 0.3 is 5.69 Å². The highest BCUT2D eigenvalue weighted by Crippen LogP contribution is 2.30. The molecular weight excluding hydrogens is 438 g/mol. The van der Waals surface area contributed by atoms with Gasteiger partial charge in [0.1, 0.15) is 5.75 Å². The first-order chi connectivity index (χ1) is 15.9. The summed E-state index contributed by atoms with van der Waals surface area (Å²) in [6.45, 7) is 4.58. The summed E-state index contributed by atoms with van der Waals surface area (Å²) < 4.78 is 10.1. The summed E-state index contributed by atoms with van der Waals surface area (Å²) >= 11 is 1.42. The van der Waals surface area contributed by atoms with E-state index >= 15 is 0 Å². The predicted molar refractivity (Wildman–Crippen MR) is 129 cm³/mol. The topological polar surface area (TPSA) is 83.9 Å². The fourth-order valence-electron chi connectivity index (χ4n) is 3.48. The average Bonchev–Trinajstić information content (AvgIpc) is 3.24. The first-order valence-electron chi connectivity index (χ1n) is 10.5. The van der Waals surface area contributed by atoms with Crippen LogP contribution in [0.1, 0.15) is 18.2 Å². The van der Waals surface area contributed by atoms with Crippen LogP contribution in [0.4, 0.5) is 0 Å². The third-order valence-electron chi connectivity index (χ3n) is 5.29. The van der Waals surface area contributed by atoms with Crippen molar-refractivity contribution in [2.45, 2.75) is 24.8 Å². The standard InChI is InChI=1S/C24H25N5O3S/c1-5-32-20-11-9-18(10-12-20)29-22(17-8-6-7-16(2)13-17)25-26-23(29)33-15-19-14-21(30)28(4)24(31)27(19)3/h6-14H,5,15H2,1-4H3. The molecule has 0 aliphatic carbocycles. The Kier molecular flexibility index (Phi) is 6.50. The molecule has 0 aliphatic rings. The Hall–Kier alpha value is -3.59. The first kappa shape index (κ1) is 22.6. The molecule has 4 aromatic rings. The van der Waals surface area contributed by atoms with E-state index < -0.39 is 0 Å². The molecule has 33 heavy (non-hydrogen) atoms. The Morgan fingerprint density at radius 2 is 1.73 bits per heavy atom. The largest absolute Gasteiger partial charge is 0.494 e. The van der Waals surface area contributed by atoms with Crippen molar-refractivity contribution in [2.24, 2.45) is 14.1 Å². The molecule has 4 rings (SSSR count). The lowest BCUT2D eigenvalue weighted by Gasteiger charge is -2.13. The second kappa shape index (κ2) is 9.50. The number of rotatable bonds is 7. The second-order valence-electron chi connectivity index (χ2n) is 7.60. The molecule has 0 saturated heterocycles. The fourth-order valence-corrected chi connectivity index (χ4v) is 4.45. The van der Waals surface area contributed by atoms with E-state index in [1.165, 1.54) is 29.4 Å². The zero-order chi connectivity index (χ0) is 23.5. The van der Waals surface area contributed by atoms with Crippen LogP contribution in [0.15, 0.2) is 69.3 Å². The third kappa shape index (κ3) is 4.63. The van der Waals surface area contributed by atoms with Gasteiger partial charge in [-0.25, -0.2) is 4.79 Å². The highest BCUT2D eigenvalue weighted by atomic mass is 32.2. The molecule has 0 aliphatic heterocycles. The van der Waals surface area contributed by atoms with Gasteiger partial charge in [0, 0.05) is 42.9 Å². The molecule has 0 unspecified atom stereocenters. The van der Waals surface area contributed by atoms with Crippen LogP contribution in [0, 0.1) is 6.92 Å². The van der Waals surface area contributed by atoms with Crippen molar-refractivity contribution < 1.29 is 4.74 Å². The summed E-state index contributed by atoms with van der Waals surface area (Å²) in [7, 11) is 3.13. The highest BCUT2D eigenvalue weighted by Gasteiger charge is 2.17. The monoisotopic (exact) mass is 463 g/mol. The smallest absolute Gasteiger partial charge is 0.330 e. The van der Waals surface area contributed by atoms with Gasteiger partial charge in [-0.15, -0.1) is 10.2 Å². The van der Waals surface area contributed by atoms with E-state index in [9.17, 15) is 9.59 Å². The zero-order valence-electron chi connectivity index (χ0n) is 19.0. The molecule has 0 fully saturated rings. The average molecular weight is 464 g/mol. The lowest BCUT2D eigenvalue weighted by molar-refractivity contribution is 0.340. The summed E-state index contributed by atoms with van der Waals surface area (Å²) in [5, 5.41) is 9.57. The van der Waals surface area contributed by atoms with Gasteiger partial charge in [-0.1, -0.05) is 35.5 Å². The molecule has 0 saturated carbocycles. The second-order valence-corrected chi connectivity index (χ2v) is 8.54. The molecule has 2 aromatic heterocycles. The molecule has 8 nitrogen and oxygen atoms in total. The van der Waals surface area contributed by atoms with Crippen molar-refractivity contribution in [1.29, 1.82) is 0 Å². The highest BCUT2D eigenvalue weighted by molar-refractivity contribution is 7.98. The number of hydrogen-bond donors (Lipinski definition) is 0. The van der Waals surface area contributed by atoms with Crippen molar-refractivity contribution in [3.63, 3.8) is 0 Å². The quantitative estimate of drug-likeness (QED) is 0.391. The number of benzene rings is 2. The predicted octanol–water partition coefficient (Wildman–Crippen LogP) is 3.33. The molecular formula is C24H25N5O3S. The minimum Gasteiger partial charge on any atom is -0.494 e. The van der Waals surface area contributed by atoms with Crippen molar-refractivity contribution in [1.82, 2.24) is 23.9 Å². The van der Waals surface area contributed by atoms with Crippen molar-refractivity contribution in [2.75, 3.05) is 6.61 Å². The summed E-state index contributed by atoms with van der Waals surface area (Å²) in [6.07, 6.45) is 0. The van der Waals surface area contributed by atoms with E-state index in [1.807, 2.05) is 60.9 Å². The normalized spacial score (nSPS) is 11.0. The summed E-state index contributed by atoms with van der Waals surface area (Å²) in [5.74, 6) is 1.89. The molecule has 0 atom stereocenters. The molecule has 0 amide bonds. The van der Waals surface area contributed by atoms with Crippen molar-refractivity contribution in [3.05, 3.63) is 86.7 Å². The summed E-state index contributed by atoms with van der Waals surface area (Å²) in [4.78, 5) is 24.4. The van der Waals surface area contributed by atoms with Crippen LogP contribution in [-0.2, 0) is 19.8 Å². The lowest BCUT2D eigenvalue weighted by Crippen LogP contribution is -2.37. The molecule has 0 radical (unpaired) electrons. The van der Waals surface area contributed by atoms with Gasteiger partial charge in [-0.05, 0) is 44.2 Å². The van der Waals surface area contributed by atoms with Crippen molar-refractivity contribution in [3.8, 4) is 22.8 Å². The zero-order valence-corrected chi connectivity index (χ0v) is 19.8. The van der Waals surface area contributed by atoms with Crippen LogP contribution >= 0.6 is 11.8 Å². The van der Waals surface area contributed by atoms with Gasteiger partial charge in [0.05, 0.1) is 6.61 Å². The van der Waals surface area contributed by atoms with E-state index in [2.05, 4.69) is 16.3 Å². The Labute approximate surface area is 195 Å². The van der Waals surface area contributed by atoms with E-state index in [0.29, 0.717) is 29.0 Å². The summed E-state index contributed by atoms with van der Waals surface area (Å²) in [5.41, 5.74) is 2.89. The first-order valence-corrected chi connectivity index (χ1v) is 11.5. The van der Waals surface area contributed by atoms with Crippen LogP contribution in [0.5, 0.6) is 5.75 Å². The maximum absolute atomic E-state index is 12.3. The number of aryl methyl sites for hydroxylation is 1. The SMILES string of the molecule is CCOc1ccc(-n2c(SCc3cc(=O)n(C)c(=O)n3C)nnc2-c2cccc(C)c2)cc1. The Bertz CT molecular complexity index is 1400. The van der Waals surface area contributed by atoms with Crippen molar-refractivity contribution >= 4 is 11.8 Å². The van der Waals surface area contributed by atoms with Gasteiger partial charge in [0.25, 0.3) is 5.56 Å². The van der Waals surface area contributed by atoms with Crippen LogP contribution < -0.4 is 16.0 Å².